The zero-order valence-corrected chi connectivity index (χ0v) is 13.1. The molecule has 1 aliphatic carbocycles. The minimum atomic E-state index is -0.147. The van der Waals surface area contributed by atoms with Crippen molar-refractivity contribution in [3.05, 3.63) is 22.4 Å². The van der Waals surface area contributed by atoms with E-state index in [2.05, 4.69) is 5.32 Å². The van der Waals surface area contributed by atoms with Crippen LogP contribution in [0.3, 0.4) is 0 Å². The summed E-state index contributed by atoms with van der Waals surface area (Å²) in [5.74, 6) is 0.383. The lowest BCUT2D eigenvalue weighted by Crippen LogP contribution is -2.40. The molecule has 0 radical (unpaired) electrons. The van der Waals surface area contributed by atoms with Crippen LogP contribution < -0.4 is 5.32 Å². The highest BCUT2D eigenvalue weighted by atomic mass is 32.1. The molecule has 2 N–H and O–H groups in total. The first-order valence-corrected chi connectivity index (χ1v) is 8.16. The highest BCUT2D eigenvalue weighted by Crippen LogP contribution is 2.30. The van der Waals surface area contributed by atoms with Crippen molar-refractivity contribution < 1.29 is 14.7 Å². The number of hydrogen-bond acceptors (Lipinski definition) is 4. The molecule has 2 amide bonds. The lowest BCUT2D eigenvalue weighted by molar-refractivity contribution is -0.121. The Morgan fingerprint density at radius 1 is 1.43 bits per heavy atom. The van der Waals surface area contributed by atoms with E-state index in [0.29, 0.717) is 23.3 Å². The molecule has 2 unspecified atom stereocenters. The van der Waals surface area contributed by atoms with Crippen molar-refractivity contribution in [2.75, 3.05) is 26.7 Å². The van der Waals surface area contributed by atoms with E-state index in [9.17, 15) is 14.7 Å². The smallest absolute Gasteiger partial charge is 0.264 e. The van der Waals surface area contributed by atoms with Gasteiger partial charge in [0.1, 0.15) is 0 Å². The highest BCUT2D eigenvalue weighted by Gasteiger charge is 2.27. The first-order valence-electron chi connectivity index (χ1n) is 7.28. The molecule has 2 atom stereocenters. The summed E-state index contributed by atoms with van der Waals surface area (Å²) in [4.78, 5) is 26.0. The van der Waals surface area contributed by atoms with Gasteiger partial charge in [-0.05, 0) is 36.1 Å². The molecule has 6 heteroatoms. The van der Waals surface area contributed by atoms with Gasteiger partial charge in [0.05, 0.1) is 11.4 Å². The number of rotatable bonds is 6. The predicted molar refractivity (Wildman–Crippen MR) is 82.2 cm³/mol. The number of aliphatic hydroxyl groups is 1. The van der Waals surface area contributed by atoms with E-state index in [1.54, 1.807) is 13.1 Å². The Kier molecular flexibility index (Phi) is 5.76. The van der Waals surface area contributed by atoms with Gasteiger partial charge in [-0.1, -0.05) is 12.5 Å². The maximum absolute atomic E-state index is 12.0. The number of thiophene rings is 1. The second kappa shape index (κ2) is 7.56. The number of nitrogens with one attached hydrogen (secondary N) is 1. The first-order chi connectivity index (χ1) is 10.1. The van der Waals surface area contributed by atoms with Gasteiger partial charge in [-0.25, -0.2) is 0 Å². The van der Waals surface area contributed by atoms with Crippen LogP contribution in [-0.4, -0.2) is 48.6 Å². The fourth-order valence-electron chi connectivity index (χ4n) is 2.80. The molecule has 1 aromatic rings. The van der Waals surface area contributed by atoms with Crippen LogP contribution in [0.1, 0.15) is 28.9 Å². The first kappa shape index (κ1) is 16.0. The standard InChI is InChI=1S/C15H22N2O3S/c1-17(15(20)13-6-3-7-21-13)9-14(19)16-8-11-4-2-5-12(11)10-18/h3,6-7,11-12,18H,2,4-5,8-10H2,1H3,(H,16,19). The van der Waals surface area contributed by atoms with Crippen LogP contribution in [0.4, 0.5) is 0 Å². The molecule has 2 rings (SSSR count). The number of carbonyl (C=O) groups excluding carboxylic acids is 2. The van der Waals surface area contributed by atoms with Crippen molar-refractivity contribution in [2.45, 2.75) is 19.3 Å². The zero-order chi connectivity index (χ0) is 15.2. The van der Waals surface area contributed by atoms with Crippen LogP contribution in [-0.2, 0) is 4.79 Å². The van der Waals surface area contributed by atoms with Gasteiger partial charge >= 0.3 is 0 Å². The van der Waals surface area contributed by atoms with Gasteiger partial charge in [-0.15, -0.1) is 11.3 Å². The van der Waals surface area contributed by atoms with Gasteiger partial charge in [-0.2, -0.15) is 0 Å². The number of carbonyl (C=O) groups is 2. The molecule has 116 valence electrons. The lowest BCUT2D eigenvalue weighted by Gasteiger charge is -2.20. The average Bonchev–Trinajstić information content (AvgIpc) is 3.14. The summed E-state index contributed by atoms with van der Waals surface area (Å²) < 4.78 is 0. The predicted octanol–water partition coefficient (Wildman–Crippen LogP) is 1.34. The molecule has 5 nitrogen and oxygen atoms in total. The molecule has 1 aromatic heterocycles. The third kappa shape index (κ3) is 4.28. The van der Waals surface area contributed by atoms with E-state index in [0.717, 1.165) is 19.3 Å². The average molecular weight is 310 g/mol. The van der Waals surface area contributed by atoms with Crippen molar-refractivity contribution in [3.8, 4) is 0 Å². The van der Waals surface area contributed by atoms with Crippen molar-refractivity contribution in [1.82, 2.24) is 10.2 Å². The molecule has 21 heavy (non-hydrogen) atoms. The Morgan fingerprint density at radius 3 is 2.86 bits per heavy atom. The maximum Gasteiger partial charge on any atom is 0.264 e. The van der Waals surface area contributed by atoms with E-state index in [1.165, 1.54) is 16.2 Å². The van der Waals surface area contributed by atoms with Crippen LogP contribution in [0.2, 0.25) is 0 Å². The van der Waals surface area contributed by atoms with E-state index >= 15 is 0 Å². The summed E-state index contributed by atoms with van der Waals surface area (Å²) >= 11 is 1.37. The number of amides is 2. The van der Waals surface area contributed by atoms with Crippen molar-refractivity contribution in [3.63, 3.8) is 0 Å². The lowest BCUT2D eigenvalue weighted by atomic mass is 9.97. The molecular formula is C15H22N2O3S. The Hall–Kier alpha value is -1.40. The minimum Gasteiger partial charge on any atom is -0.396 e. The summed E-state index contributed by atoms with van der Waals surface area (Å²) in [6.07, 6.45) is 3.20. The molecule has 0 aliphatic heterocycles. The van der Waals surface area contributed by atoms with Crippen LogP contribution in [0, 0.1) is 11.8 Å². The van der Waals surface area contributed by atoms with Crippen molar-refractivity contribution >= 4 is 23.2 Å². The summed E-state index contributed by atoms with van der Waals surface area (Å²) in [5, 5.41) is 14.0. The van der Waals surface area contributed by atoms with E-state index in [4.69, 9.17) is 0 Å². The SMILES string of the molecule is CN(CC(=O)NCC1CCCC1CO)C(=O)c1cccs1. The monoisotopic (exact) mass is 310 g/mol. The number of likely N-dealkylation sites (N-methyl/N-ethyl adjacent to an activating group) is 1. The Labute approximate surface area is 129 Å². The van der Waals surface area contributed by atoms with Gasteiger partial charge < -0.3 is 15.3 Å². The Morgan fingerprint density at radius 2 is 2.19 bits per heavy atom. The van der Waals surface area contributed by atoms with E-state index in [-0.39, 0.29) is 25.0 Å². The van der Waals surface area contributed by atoms with Crippen LogP contribution >= 0.6 is 11.3 Å². The summed E-state index contributed by atoms with van der Waals surface area (Å²) in [6.45, 7) is 0.843. The van der Waals surface area contributed by atoms with E-state index in [1.807, 2.05) is 11.4 Å². The van der Waals surface area contributed by atoms with E-state index < -0.39 is 0 Å². The zero-order valence-electron chi connectivity index (χ0n) is 12.2. The van der Waals surface area contributed by atoms with Crippen LogP contribution in [0.5, 0.6) is 0 Å². The summed E-state index contributed by atoms with van der Waals surface area (Å²) in [7, 11) is 1.63. The number of hydrogen-bond donors (Lipinski definition) is 2. The Bertz CT molecular complexity index is 475. The second-order valence-electron chi connectivity index (χ2n) is 5.58. The molecule has 0 saturated heterocycles. The highest BCUT2D eigenvalue weighted by molar-refractivity contribution is 7.12. The molecule has 0 spiro atoms. The fraction of sp³-hybridized carbons (Fsp3) is 0.600. The van der Waals surface area contributed by atoms with Gasteiger partial charge in [-0.3, -0.25) is 9.59 Å². The summed E-state index contributed by atoms with van der Waals surface area (Å²) in [5.41, 5.74) is 0. The van der Waals surface area contributed by atoms with Gasteiger partial charge in [0.25, 0.3) is 5.91 Å². The topological polar surface area (TPSA) is 69.6 Å². The number of nitrogens with zero attached hydrogens (tertiary/aromatic N) is 1. The van der Waals surface area contributed by atoms with Gasteiger partial charge in [0.2, 0.25) is 5.91 Å². The largest absolute Gasteiger partial charge is 0.396 e. The fourth-order valence-corrected chi connectivity index (χ4v) is 3.52. The second-order valence-corrected chi connectivity index (χ2v) is 6.52. The number of aliphatic hydroxyl groups excluding tert-OH is 1. The molecule has 1 fully saturated rings. The molecule has 1 heterocycles. The maximum atomic E-state index is 12.0. The molecular weight excluding hydrogens is 288 g/mol. The van der Waals surface area contributed by atoms with Gasteiger partial charge in [0.15, 0.2) is 0 Å². The molecule has 0 aromatic carbocycles. The third-order valence-electron chi connectivity index (χ3n) is 4.07. The quantitative estimate of drug-likeness (QED) is 0.833. The minimum absolute atomic E-state index is 0.0627. The van der Waals surface area contributed by atoms with Crippen LogP contribution in [0.25, 0.3) is 0 Å². The molecule has 1 aliphatic rings. The Balaban J connectivity index is 1.75. The summed E-state index contributed by atoms with van der Waals surface area (Å²) in [6, 6.07) is 3.58. The third-order valence-corrected chi connectivity index (χ3v) is 4.93. The van der Waals surface area contributed by atoms with Crippen molar-refractivity contribution in [1.29, 1.82) is 0 Å². The molecule has 0 bridgehead atoms. The van der Waals surface area contributed by atoms with Crippen LogP contribution in [0.15, 0.2) is 17.5 Å². The normalized spacial score (nSPS) is 21.2. The molecule has 1 saturated carbocycles. The van der Waals surface area contributed by atoms with Crippen molar-refractivity contribution in [2.24, 2.45) is 11.8 Å². The van der Waals surface area contributed by atoms with Gasteiger partial charge in [0, 0.05) is 20.2 Å².